The highest BCUT2D eigenvalue weighted by Crippen LogP contribution is 2.58. The van der Waals surface area contributed by atoms with E-state index in [9.17, 15) is 4.57 Å². The van der Waals surface area contributed by atoms with Crippen molar-refractivity contribution in [3.05, 3.63) is 0 Å². The number of halogens is 8. The van der Waals surface area contributed by atoms with Crippen LogP contribution in [-0.4, -0.2) is 75.1 Å². The molecule has 0 aliphatic rings. The maximum Gasteiger partial charge on any atom is 0.359 e. The van der Waals surface area contributed by atoms with E-state index in [1.807, 2.05) is 0 Å². The van der Waals surface area contributed by atoms with E-state index in [4.69, 9.17) is 69.0 Å². The van der Waals surface area contributed by atoms with Gasteiger partial charge in [0, 0.05) is 23.5 Å². The smallest absolute Gasteiger partial charge is 0.311 e. The summed E-state index contributed by atoms with van der Waals surface area (Å²) in [4.78, 5) is -0.620. The Labute approximate surface area is 233 Å². The maximum absolute atomic E-state index is 13.4. The molecule has 16 heteroatoms. The molecule has 0 saturated carbocycles. The fraction of sp³-hybridized carbons (Fsp3) is 1.00. The molecule has 0 heterocycles. The molecule has 0 radical (unpaired) electrons. The van der Waals surface area contributed by atoms with Crippen molar-refractivity contribution in [2.75, 3.05) is 49.9 Å². The Morgan fingerprint density at radius 2 is 1.07 bits per heavy atom. The molecule has 0 aromatic rings. The molecule has 0 aromatic carbocycles. The van der Waals surface area contributed by atoms with E-state index in [0.29, 0.717) is 11.8 Å². The number of alkyl halides is 8. The van der Waals surface area contributed by atoms with Gasteiger partial charge in [-0.3, -0.25) is 9.09 Å². The number of hydrogen-bond donors (Lipinski definition) is 0. The Hall–Kier alpha value is 3.54. The average Bonchev–Trinajstić information content (AvgIpc) is 2.76. The molecule has 0 spiro atoms. The molecule has 0 N–H and O–H groups in total. The van der Waals surface area contributed by atoms with Gasteiger partial charge in [0.05, 0.1) is 45.7 Å². The molecule has 0 fully saturated rings. The third kappa shape index (κ3) is 15.5. The fourth-order valence-corrected chi connectivity index (χ4v) is 6.07. The van der Waals surface area contributed by atoms with Crippen molar-refractivity contribution in [3.8, 4) is 0 Å². The second-order valence-corrected chi connectivity index (χ2v) is 15.6. The first-order valence-corrected chi connectivity index (χ1v) is 17.0. The zero-order valence-electron chi connectivity index (χ0n) is 15.9. The van der Waals surface area contributed by atoms with Gasteiger partial charge in [0.2, 0.25) is 0 Å². The topological polar surface area (TPSA) is 63.2 Å². The van der Waals surface area contributed by atoms with E-state index in [2.05, 4.69) is 63.7 Å². The summed E-state index contributed by atoms with van der Waals surface area (Å²) in [5.74, 6) is 0.230. The molecule has 5 unspecified atom stereocenters. The van der Waals surface area contributed by atoms with Gasteiger partial charge < -0.3 is 18.1 Å². The molecule has 0 amide bonds. The van der Waals surface area contributed by atoms with Crippen LogP contribution < -0.4 is 0 Å². The summed E-state index contributed by atoms with van der Waals surface area (Å²) in [6.07, 6.45) is 0. The molecule has 0 rings (SSSR count). The van der Waals surface area contributed by atoms with Crippen LogP contribution in [-0.2, 0) is 27.2 Å². The summed E-state index contributed by atoms with van der Waals surface area (Å²) < 4.78 is 41.8. The lowest BCUT2D eigenvalue weighted by Gasteiger charge is -2.28. The van der Waals surface area contributed by atoms with Gasteiger partial charge in [-0.25, -0.2) is 0 Å². The van der Waals surface area contributed by atoms with Gasteiger partial charge in [0.25, 0.3) is 0 Å². The van der Waals surface area contributed by atoms with Crippen LogP contribution in [0.4, 0.5) is 0 Å². The van der Waals surface area contributed by atoms with Gasteiger partial charge in [-0.15, -0.1) is 46.4 Å². The summed E-state index contributed by atoms with van der Waals surface area (Å²) in [6.45, 7) is 2.15. The Kier molecular flexibility index (Phi) is 22.0. The lowest BCUT2D eigenvalue weighted by atomic mass is 10.5. The van der Waals surface area contributed by atoms with E-state index >= 15 is 0 Å². The quantitative estimate of drug-likeness (QED) is 0.0980. The van der Waals surface area contributed by atoms with E-state index < -0.39 is 22.0 Å². The standard InChI is InChI=1S/C14H24Br4Cl4O6P2/c1-10(28-29(24-6-11(15)2-19)25-7-12(16)3-20)30(23,26-8-13(17)4-21)27-9-14(18)5-22/h10-14H,2-9H2,1H3. The summed E-state index contributed by atoms with van der Waals surface area (Å²) >= 11 is 36.6. The van der Waals surface area contributed by atoms with Crippen LogP contribution in [0.2, 0.25) is 0 Å². The van der Waals surface area contributed by atoms with E-state index in [1.54, 1.807) is 6.92 Å². The van der Waals surface area contributed by atoms with Crippen molar-refractivity contribution < 1.29 is 27.2 Å². The molecule has 0 aliphatic carbocycles. The largest absolute Gasteiger partial charge is 0.359 e. The van der Waals surface area contributed by atoms with Gasteiger partial charge in [-0.05, 0) is 6.92 Å². The van der Waals surface area contributed by atoms with Crippen molar-refractivity contribution in [2.45, 2.75) is 32.1 Å². The molecular weight excluding hydrogens is 788 g/mol. The number of hydrogen-bond acceptors (Lipinski definition) is 6. The normalized spacial score (nSPS) is 20.2. The van der Waals surface area contributed by atoms with Crippen LogP contribution in [0.5, 0.6) is 0 Å². The predicted molar refractivity (Wildman–Crippen MR) is 143 cm³/mol. The minimum absolute atomic E-state index is 0.0629. The van der Waals surface area contributed by atoms with Crippen LogP contribution in [0.3, 0.4) is 0 Å². The summed E-state index contributed by atoms with van der Waals surface area (Å²) in [5.41, 5.74) is 0. The van der Waals surface area contributed by atoms with E-state index in [-0.39, 0.29) is 57.5 Å². The molecule has 182 valence electrons. The molecule has 0 aromatic heterocycles. The van der Waals surface area contributed by atoms with Crippen molar-refractivity contribution in [2.24, 2.45) is 0 Å². The van der Waals surface area contributed by atoms with Crippen LogP contribution in [0.1, 0.15) is 6.92 Å². The highest BCUT2D eigenvalue weighted by molar-refractivity contribution is 9.10. The monoisotopic (exact) mass is 806 g/mol. The molecule has 5 atom stereocenters. The van der Waals surface area contributed by atoms with Gasteiger partial charge in [-0.1, -0.05) is 63.7 Å². The Morgan fingerprint density at radius 3 is 1.40 bits per heavy atom. The highest BCUT2D eigenvalue weighted by atomic mass is 79.9. The summed E-state index contributed by atoms with van der Waals surface area (Å²) in [5, 5.41) is 0. The second-order valence-electron chi connectivity index (χ2n) is 5.66. The van der Waals surface area contributed by atoms with Gasteiger partial charge in [0.15, 0.2) is 5.85 Å². The van der Waals surface area contributed by atoms with Crippen LogP contribution >= 0.6 is 126 Å². The first-order chi connectivity index (χ1) is 14.1. The average molecular weight is 812 g/mol. The molecule has 0 bridgehead atoms. The zero-order chi connectivity index (χ0) is 23.2. The molecule has 0 saturated heterocycles. The van der Waals surface area contributed by atoms with Crippen LogP contribution in [0.25, 0.3) is 0 Å². The van der Waals surface area contributed by atoms with Crippen LogP contribution in [0, 0.1) is 0 Å². The number of rotatable bonds is 19. The lowest BCUT2D eigenvalue weighted by molar-refractivity contribution is 0.123. The highest BCUT2D eigenvalue weighted by Gasteiger charge is 2.38. The Balaban J connectivity index is 5.21. The Bertz CT molecular complexity index is 462. The second kappa shape index (κ2) is 19.7. The lowest BCUT2D eigenvalue weighted by Crippen LogP contribution is -2.20. The van der Waals surface area contributed by atoms with Crippen LogP contribution in [0.15, 0.2) is 0 Å². The predicted octanol–water partition coefficient (Wildman–Crippen LogP) is 7.84. The molecule has 6 nitrogen and oxygen atoms in total. The minimum Gasteiger partial charge on any atom is -0.311 e. The molecular formula is C14H24Br4Cl4O6P2. The summed E-state index contributed by atoms with van der Waals surface area (Å²) in [6, 6.07) is 0. The Morgan fingerprint density at radius 1 is 0.733 bits per heavy atom. The van der Waals surface area contributed by atoms with Gasteiger partial charge in [0.1, 0.15) is 0 Å². The van der Waals surface area contributed by atoms with Crippen molar-refractivity contribution >= 4 is 126 Å². The zero-order valence-corrected chi connectivity index (χ0v) is 27.1. The fourth-order valence-electron chi connectivity index (χ4n) is 1.36. The van der Waals surface area contributed by atoms with E-state index in [0.717, 1.165) is 0 Å². The van der Waals surface area contributed by atoms with Gasteiger partial charge in [-0.2, -0.15) is 0 Å². The third-order valence-electron chi connectivity index (χ3n) is 2.95. The van der Waals surface area contributed by atoms with Crippen molar-refractivity contribution in [3.63, 3.8) is 0 Å². The van der Waals surface area contributed by atoms with E-state index in [1.165, 1.54) is 0 Å². The molecule has 30 heavy (non-hydrogen) atoms. The first-order valence-electron chi connectivity index (χ1n) is 8.53. The summed E-state index contributed by atoms with van der Waals surface area (Å²) in [7, 11) is -5.61. The minimum atomic E-state index is -3.73. The van der Waals surface area contributed by atoms with Gasteiger partial charge >= 0.3 is 16.2 Å². The van der Waals surface area contributed by atoms with Crippen molar-refractivity contribution in [1.82, 2.24) is 0 Å². The van der Waals surface area contributed by atoms with Crippen molar-refractivity contribution in [1.29, 1.82) is 0 Å². The SMILES string of the molecule is CC(OP(OCC(Br)CCl)OCC(Br)CCl)P(=O)(OCC(Br)CCl)OCC(Br)CCl. The first kappa shape index (κ1) is 33.5. The molecule has 0 aliphatic heterocycles. The maximum atomic E-state index is 13.4. The third-order valence-corrected chi connectivity index (χ3v) is 11.7.